The van der Waals surface area contributed by atoms with Gasteiger partial charge >= 0.3 is 5.69 Å². The first kappa shape index (κ1) is 18.4. The van der Waals surface area contributed by atoms with Gasteiger partial charge < -0.3 is 9.75 Å². The molecule has 1 fully saturated rings. The van der Waals surface area contributed by atoms with E-state index in [0.717, 1.165) is 21.1 Å². The minimum absolute atomic E-state index is 0.0665. The Kier molecular flexibility index (Phi) is 5.26. The van der Waals surface area contributed by atoms with Crippen molar-refractivity contribution in [3.63, 3.8) is 0 Å². The van der Waals surface area contributed by atoms with Crippen LogP contribution in [0, 0.1) is 0 Å². The first-order valence-electron chi connectivity index (χ1n) is 8.47. The summed E-state index contributed by atoms with van der Waals surface area (Å²) >= 11 is 6.06. The van der Waals surface area contributed by atoms with Gasteiger partial charge in [-0.05, 0) is 11.5 Å². The van der Waals surface area contributed by atoms with E-state index >= 15 is 0 Å². The number of aryl methyl sites for hydroxylation is 1. The number of aromatic nitrogens is 5. The second kappa shape index (κ2) is 7.45. The van der Waals surface area contributed by atoms with Crippen molar-refractivity contribution in [1.29, 1.82) is 0 Å². The fourth-order valence-electron chi connectivity index (χ4n) is 2.90. The van der Waals surface area contributed by atoms with Crippen LogP contribution >= 0.6 is 11.6 Å². The van der Waals surface area contributed by atoms with E-state index in [4.69, 9.17) is 16.3 Å². The summed E-state index contributed by atoms with van der Waals surface area (Å²) in [7, 11) is 1.51. The molecule has 0 amide bonds. The minimum Gasteiger partial charge on any atom is -0.473 e. The highest BCUT2D eigenvalue weighted by atomic mass is 35.5. The molecule has 0 saturated carbocycles. The highest BCUT2D eigenvalue weighted by Crippen LogP contribution is 2.25. The predicted octanol–water partition coefficient (Wildman–Crippen LogP) is 0.688. The standard InChI is InChI=1S/C16H21ClN6O3/c1-10(2)12-8-13(19-20-15(12)17)26-11-4-6-22(7-5-11)23-14(24)9-18-21(3)16(23)25/h8-11H,4-7H2,1-3H3. The van der Waals surface area contributed by atoms with E-state index in [1.807, 2.05) is 19.9 Å². The van der Waals surface area contributed by atoms with Crippen molar-refractivity contribution in [2.45, 2.75) is 38.7 Å². The summed E-state index contributed by atoms with van der Waals surface area (Å²) in [6.07, 6.45) is 2.38. The second-order valence-corrected chi connectivity index (χ2v) is 6.91. The van der Waals surface area contributed by atoms with Crippen molar-refractivity contribution >= 4 is 11.6 Å². The minimum atomic E-state index is -0.456. The Morgan fingerprint density at radius 2 is 1.92 bits per heavy atom. The fraction of sp³-hybridized carbons (Fsp3) is 0.562. The molecule has 0 aliphatic carbocycles. The summed E-state index contributed by atoms with van der Waals surface area (Å²) in [6, 6.07) is 1.81. The molecule has 2 aromatic heterocycles. The van der Waals surface area contributed by atoms with E-state index in [0.29, 0.717) is 37.0 Å². The van der Waals surface area contributed by atoms with Crippen molar-refractivity contribution in [1.82, 2.24) is 24.7 Å². The first-order chi connectivity index (χ1) is 12.4. The maximum absolute atomic E-state index is 12.2. The van der Waals surface area contributed by atoms with Gasteiger partial charge in [0.2, 0.25) is 5.88 Å². The molecule has 0 radical (unpaired) electrons. The topological polar surface area (TPSA) is 95.1 Å². The summed E-state index contributed by atoms with van der Waals surface area (Å²) in [6.45, 7) is 5.08. The van der Waals surface area contributed by atoms with Gasteiger partial charge in [0, 0.05) is 39.0 Å². The lowest BCUT2D eigenvalue weighted by Crippen LogP contribution is -2.56. The Labute approximate surface area is 155 Å². The molecular formula is C16H21ClN6O3. The van der Waals surface area contributed by atoms with Crippen molar-refractivity contribution in [3.05, 3.63) is 43.8 Å². The molecule has 26 heavy (non-hydrogen) atoms. The first-order valence-corrected chi connectivity index (χ1v) is 8.85. The molecule has 0 bridgehead atoms. The lowest BCUT2D eigenvalue weighted by atomic mass is 10.1. The maximum atomic E-state index is 12.2. The molecule has 1 aliphatic rings. The molecule has 140 valence electrons. The van der Waals surface area contributed by atoms with Crippen LogP contribution < -0.4 is 21.0 Å². The van der Waals surface area contributed by atoms with Crippen LogP contribution in [0.4, 0.5) is 0 Å². The van der Waals surface area contributed by atoms with E-state index in [1.54, 1.807) is 5.01 Å². The number of halogens is 1. The van der Waals surface area contributed by atoms with Gasteiger partial charge in [0.15, 0.2) is 5.15 Å². The van der Waals surface area contributed by atoms with Crippen LogP contribution in [0.5, 0.6) is 5.88 Å². The zero-order valence-corrected chi connectivity index (χ0v) is 15.7. The van der Waals surface area contributed by atoms with Crippen LogP contribution in [-0.4, -0.2) is 43.8 Å². The zero-order valence-electron chi connectivity index (χ0n) is 14.9. The molecule has 3 rings (SSSR count). The van der Waals surface area contributed by atoms with Gasteiger partial charge in [-0.15, -0.1) is 10.2 Å². The van der Waals surface area contributed by atoms with Crippen molar-refractivity contribution < 1.29 is 4.74 Å². The Morgan fingerprint density at radius 3 is 2.58 bits per heavy atom. The van der Waals surface area contributed by atoms with Crippen LogP contribution in [0.25, 0.3) is 0 Å². The molecule has 1 aliphatic heterocycles. The van der Waals surface area contributed by atoms with E-state index < -0.39 is 11.2 Å². The smallest absolute Gasteiger partial charge is 0.366 e. The van der Waals surface area contributed by atoms with Gasteiger partial charge in [0.25, 0.3) is 5.56 Å². The van der Waals surface area contributed by atoms with E-state index in [2.05, 4.69) is 15.3 Å². The summed E-state index contributed by atoms with van der Waals surface area (Å²) in [5.74, 6) is 0.658. The molecule has 0 spiro atoms. The summed E-state index contributed by atoms with van der Waals surface area (Å²) in [5.41, 5.74) is 0.000519. The Hall–Kier alpha value is -2.42. The fourth-order valence-corrected chi connectivity index (χ4v) is 3.21. The molecule has 3 heterocycles. The largest absolute Gasteiger partial charge is 0.473 e. The SMILES string of the molecule is CC(C)c1cc(OC2CCN(n3c(=O)cnn(C)c3=O)CC2)nnc1Cl. The Bertz CT molecular complexity index is 902. The summed E-state index contributed by atoms with van der Waals surface area (Å²) < 4.78 is 8.19. The monoisotopic (exact) mass is 380 g/mol. The van der Waals surface area contributed by atoms with E-state index in [9.17, 15) is 9.59 Å². The van der Waals surface area contributed by atoms with E-state index in [-0.39, 0.29) is 12.0 Å². The third kappa shape index (κ3) is 3.72. The quantitative estimate of drug-likeness (QED) is 0.769. The maximum Gasteiger partial charge on any atom is 0.366 e. The lowest BCUT2D eigenvalue weighted by Gasteiger charge is -2.33. The van der Waals surface area contributed by atoms with Crippen molar-refractivity contribution in [2.24, 2.45) is 7.05 Å². The zero-order chi connectivity index (χ0) is 18.8. The van der Waals surface area contributed by atoms with Gasteiger partial charge in [0.05, 0.1) is 0 Å². The van der Waals surface area contributed by atoms with E-state index in [1.165, 1.54) is 7.05 Å². The van der Waals surface area contributed by atoms with Gasteiger partial charge in [-0.1, -0.05) is 25.4 Å². The summed E-state index contributed by atoms with van der Waals surface area (Å²) in [4.78, 5) is 24.1. The molecule has 0 atom stereocenters. The van der Waals surface area contributed by atoms with Crippen LogP contribution in [0.2, 0.25) is 5.15 Å². The molecule has 0 unspecified atom stereocenters. The van der Waals surface area contributed by atoms with Gasteiger partial charge in [0.1, 0.15) is 12.3 Å². The van der Waals surface area contributed by atoms with Crippen molar-refractivity contribution in [3.8, 4) is 5.88 Å². The lowest BCUT2D eigenvalue weighted by molar-refractivity contribution is 0.153. The number of hydrogen-bond acceptors (Lipinski definition) is 7. The normalized spacial score (nSPS) is 15.5. The van der Waals surface area contributed by atoms with Crippen LogP contribution in [0.1, 0.15) is 38.2 Å². The number of nitrogens with zero attached hydrogens (tertiary/aromatic N) is 6. The summed E-state index contributed by atoms with van der Waals surface area (Å²) in [5, 5.41) is 13.8. The van der Waals surface area contributed by atoms with Crippen LogP contribution in [0.3, 0.4) is 0 Å². The van der Waals surface area contributed by atoms with Gasteiger partial charge in [-0.2, -0.15) is 9.77 Å². The third-order valence-corrected chi connectivity index (χ3v) is 4.67. The molecule has 1 saturated heterocycles. The number of piperidine rings is 1. The van der Waals surface area contributed by atoms with Gasteiger partial charge in [-0.3, -0.25) is 4.79 Å². The Balaban J connectivity index is 1.68. The third-order valence-electron chi connectivity index (χ3n) is 4.37. The van der Waals surface area contributed by atoms with Gasteiger partial charge in [-0.25, -0.2) is 9.48 Å². The highest BCUT2D eigenvalue weighted by molar-refractivity contribution is 6.30. The molecule has 9 nitrogen and oxygen atoms in total. The highest BCUT2D eigenvalue weighted by Gasteiger charge is 2.24. The number of ether oxygens (including phenoxy) is 1. The average Bonchev–Trinajstić information content (AvgIpc) is 2.61. The number of hydrogen-bond donors (Lipinski definition) is 0. The second-order valence-electron chi connectivity index (χ2n) is 6.56. The van der Waals surface area contributed by atoms with Crippen molar-refractivity contribution in [2.75, 3.05) is 18.1 Å². The molecule has 0 N–H and O–H groups in total. The molecule has 2 aromatic rings. The molecule has 0 aromatic carbocycles. The molecular weight excluding hydrogens is 360 g/mol. The Morgan fingerprint density at radius 1 is 1.23 bits per heavy atom. The molecule has 10 heteroatoms. The average molecular weight is 381 g/mol. The van der Waals surface area contributed by atoms with Crippen LogP contribution in [0.15, 0.2) is 21.9 Å². The van der Waals surface area contributed by atoms with Crippen LogP contribution in [-0.2, 0) is 7.05 Å². The number of rotatable bonds is 4. The predicted molar refractivity (Wildman–Crippen MR) is 96.5 cm³/mol.